The number of para-hydroxylation sites is 5. The Hall–Kier alpha value is -6.13. The van der Waals surface area contributed by atoms with Gasteiger partial charge in [0, 0.05) is 38.3 Å². The fourth-order valence-corrected chi connectivity index (χ4v) is 5.86. The minimum atomic E-state index is -0.854. The lowest BCUT2D eigenvalue weighted by atomic mass is 10.1. The summed E-state index contributed by atoms with van der Waals surface area (Å²) >= 11 is 0. The van der Waals surface area contributed by atoms with E-state index in [1.165, 1.54) is 4.57 Å². The first-order valence-corrected chi connectivity index (χ1v) is 13.6. The number of hydrogen-bond donors (Lipinski definition) is 0. The van der Waals surface area contributed by atoms with Gasteiger partial charge in [0.15, 0.2) is 0 Å². The van der Waals surface area contributed by atoms with Gasteiger partial charge in [0.2, 0.25) is 0 Å². The Labute approximate surface area is 288 Å². The monoisotopic (exact) mass is 595 g/mol. The molecule has 0 saturated heterocycles. The molecule has 0 unspecified atom stereocenters. The van der Waals surface area contributed by atoms with Crippen molar-refractivity contribution in [2.75, 3.05) is 0 Å². The maximum atomic E-state index is 9.89. The van der Waals surface area contributed by atoms with Crippen molar-refractivity contribution < 1.29 is 28.8 Å². The SMILES string of the molecule is [2H]c1c([2H])c([2H])c2c(c1[2H])c1nc(-n3c4c([2H])c([2H])c([2H])c([2H])c4c4c([2H])c([2H])c([2H])c([2H])c43)c([2H])c([2H])c1n2-c1c([2H])c([2H])c2c3c([2H])c([2H])c([2H])c([2H])c3n(-c3ccccc3)c2c1[2H]. The maximum Gasteiger partial charge on any atom is 0.138 e. The standard InChI is InChI=1S/C41H26N4/c1-2-12-27(13-3-1)43-34-18-8-4-16-31(34)32-23-22-28(26-39(32)43)44-37-21-11-7-17-33(37)41-38(44)24-25-40(42-41)45-35-19-9-5-14-29(35)30-15-6-10-20-36(30)45/h1-26H/i4D,5D,6D,7D,8D,9D,10D,11D,14D,15D,16D,17D,18D,19D,20D,21D,22D,23D,24D,25D,26D. The van der Waals surface area contributed by atoms with Crippen LogP contribution in [0.2, 0.25) is 0 Å². The van der Waals surface area contributed by atoms with E-state index in [2.05, 4.69) is 4.98 Å². The number of hydrogen-bond acceptors (Lipinski definition) is 1. The smallest absolute Gasteiger partial charge is 0.138 e. The molecule has 0 fully saturated rings. The van der Waals surface area contributed by atoms with Crippen LogP contribution in [0.25, 0.3) is 82.7 Å². The molecule has 6 aromatic carbocycles. The van der Waals surface area contributed by atoms with E-state index >= 15 is 0 Å². The van der Waals surface area contributed by atoms with E-state index in [-0.39, 0.29) is 38.3 Å². The molecule has 45 heavy (non-hydrogen) atoms. The van der Waals surface area contributed by atoms with Crippen LogP contribution in [-0.2, 0) is 0 Å². The minimum absolute atomic E-state index is 0.132. The molecule has 4 heterocycles. The van der Waals surface area contributed by atoms with Gasteiger partial charge in [0.1, 0.15) is 5.82 Å². The van der Waals surface area contributed by atoms with Crippen molar-refractivity contribution in [3.63, 3.8) is 0 Å². The third-order valence-corrected chi connectivity index (χ3v) is 7.71. The second kappa shape index (κ2) is 9.18. The molecule has 210 valence electrons. The molecule has 0 aliphatic heterocycles. The summed E-state index contributed by atoms with van der Waals surface area (Å²) in [5, 5.41) is -1.51. The summed E-state index contributed by atoms with van der Waals surface area (Å²) in [6.07, 6.45) is 0. The summed E-state index contributed by atoms with van der Waals surface area (Å²) in [5.74, 6) is -0.643. The molecule has 4 aromatic heterocycles. The Bertz CT molecular complexity index is 3870. The highest BCUT2D eigenvalue weighted by atomic mass is 15.1. The lowest BCUT2D eigenvalue weighted by molar-refractivity contribution is 1.10. The van der Waals surface area contributed by atoms with E-state index in [0.717, 1.165) is 9.13 Å². The number of rotatable bonds is 3. The van der Waals surface area contributed by atoms with Crippen LogP contribution in [0, 0.1) is 0 Å². The summed E-state index contributed by atoms with van der Waals surface area (Å²) in [6, 6.07) is -6.88. The van der Waals surface area contributed by atoms with Crippen molar-refractivity contribution >= 4 is 65.5 Å². The Morgan fingerprint density at radius 2 is 0.911 bits per heavy atom. The first kappa shape index (κ1) is 11.8. The molecule has 10 rings (SSSR count). The van der Waals surface area contributed by atoms with Crippen LogP contribution in [0.15, 0.2) is 157 Å². The van der Waals surface area contributed by atoms with Crippen molar-refractivity contribution in [2.45, 2.75) is 0 Å². The topological polar surface area (TPSA) is 27.7 Å². The van der Waals surface area contributed by atoms with Gasteiger partial charge in [-0.1, -0.05) is 96.8 Å². The zero-order chi connectivity index (χ0) is 47.8. The van der Waals surface area contributed by atoms with Gasteiger partial charge >= 0.3 is 0 Å². The maximum absolute atomic E-state index is 9.89. The Morgan fingerprint density at radius 1 is 0.400 bits per heavy atom. The van der Waals surface area contributed by atoms with Gasteiger partial charge in [-0.2, -0.15) is 0 Å². The fourth-order valence-electron chi connectivity index (χ4n) is 5.86. The molecule has 0 atom stereocenters. The van der Waals surface area contributed by atoms with Crippen molar-refractivity contribution in [3.05, 3.63) is 157 Å². The Balaban J connectivity index is 1.46. The van der Waals surface area contributed by atoms with E-state index in [0.29, 0.717) is 0 Å². The van der Waals surface area contributed by atoms with Gasteiger partial charge in [-0.25, -0.2) is 4.98 Å². The van der Waals surface area contributed by atoms with Crippen molar-refractivity contribution in [1.82, 2.24) is 18.7 Å². The van der Waals surface area contributed by atoms with E-state index in [9.17, 15) is 8.22 Å². The summed E-state index contributed by atoms with van der Waals surface area (Å²) in [6.45, 7) is 0. The average Bonchev–Trinajstić information content (AvgIpc) is 3.97. The van der Waals surface area contributed by atoms with Crippen LogP contribution < -0.4 is 0 Å². The number of benzene rings is 6. The lowest BCUT2D eigenvalue weighted by Gasteiger charge is -2.11. The summed E-state index contributed by atoms with van der Waals surface area (Å²) in [5.41, 5.74) is -2.90. The molecule has 0 saturated carbocycles. The predicted molar refractivity (Wildman–Crippen MR) is 187 cm³/mol. The number of fused-ring (bicyclic) bond motifs is 9. The molecule has 0 N–H and O–H groups in total. The van der Waals surface area contributed by atoms with Gasteiger partial charge in [-0.3, -0.25) is 4.57 Å². The average molecular weight is 596 g/mol. The second-order valence-corrected chi connectivity index (χ2v) is 10.1. The number of pyridine rings is 1. The van der Waals surface area contributed by atoms with Crippen molar-refractivity contribution in [2.24, 2.45) is 0 Å². The third-order valence-electron chi connectivity index (χ3n) is 7.71. The Kier molecular flexibility index (Phi) is 2.40. The molecular weight excluding hydrogens is 548 g/mol. The van der Waals surface area contributed by atoms with Gasteiger partial charge in [-0.05, 0) is 60.5 Å². The van der Waals surface area contributed by atoms with Crippen LogP contribution in [-0.4, -0.2) is 18.7 Å². The summed E-state index contributed by atoms with van der Waals surface area (Å²) in [7, 11) is 0. The number of aromatic nitrogens is 4. The van der Waals surface area contributed by atoms with Gasteiger partial charge in [0.05, 0.1) is 67.4 Å². The first-order valence-electron chi connectivity index (χ1n) is 24.1. The van der Waals surface area contributed by atoms with Crippen LogP contribution in [0.5, 0.6) is 0 Å². The van der Waals surface area contributed by atoms with Gasteiger partial charge < -0.3 is 9.13 Å². The predicted octanol–water partition coefficient (Wildman–Crippen LogP) is 10.4. The molecule has 0 aliphatic carbocycles. The zero-order valence-electron chi connectivity index (χ0n) is 43.7. The molecule has 0 bridgehead atoms. The van der Waals surface area contributed by atoms with Crippen LogP contribution in [0.3, 0.4) is 0 Å². The van der Waals surface area contributed by atoms with E-state index in [1.54, 1.807) is 30.3 Å². The largest absolute Gasteiger partial charge is 0.309 e. The van der Waals surface area contributed by atoms with Crippen LogP contribution in [0.1, 0.15) is 28.8 Å². The molecule has 4 nitrogen and oxygen atoms in total. The summed E-state index contributed by atoms with van der Waals surface area (Å²) in [4.78, 5) is 4.67. The zero-order valence-corrected chi connectivity index (χ0v) is 22.7. The molecule has 0 aliphatic rings. The highest BCUT2D eigenvalue weighted by molar-refractivity contribution is 6.12. The van der Waals surface area contributed by atoms with E-state index in [4.69, 9.17) is 20.6 Å². The normalized spacial score (nSPS) is 18.5. The second-order valence-electron chi connectivity index (χ2n) is 10.1. The van der Waals surface area contributed by atoms with Gasteiger partial charge in [-0.15, -0.1) is 0 Å². The van der Waals surface area contributed by atoms with Crippen molar-refractivity contribution in [1.29, 1.82) is 0 Å². The number of nitrogens with zero attached hydrogens (tertiary/aromatic N) is 4. The molecule has 10 aromatic rings. The van der Waals surface area contributed by atoms with E-state index < -0.39 is 171 Å². The lowest BCUT2D eigenvalue weighted by Crippen LogP contribution is -1.99. The van der Waals surface area contributed by atoms with Crippen LogP contribution >= 0.6 is 0 Å². The Morgan fingerprint density at radius 3 is 1.56 bits per heavy atom. The van der Waals surface area contributed by atoms with Gasteiger partial charge in [0.25, 0.3) is 0 Å². The highest BCUT2D eigenvalue weighted by Gasteiger charge is 2.19. The minimum Gasteiger partial charge on any atom is -0.309 e. The van der Waals surface area contributed by atoms with Crippen molar-refractivity contribution in [3.8, 4) is 17.2 Å². The molecular formula is C41H26N4. The third kappa shape index (κ3) is 3.39. The molecule has 4 heteroatoms. The quantitative estimate of drug-likeness (QED) is 0.200. The summed E-state index contributed by atoms with van der Waals surface area (Å²) < 4.78 is 191. The molecule has 0 radical (unpaired) electrons. The van der Waals surface area contributed by atoms with E-state index in [1.807, 2.05) is 0 Å². The molecule has 0 amide bonds. The fraction of sp³-hybridized carbons (Fsp3) is 0. The molecule has 0 spiro atoms. The van der Waals surface area contributed by atoms with Crippen LogP contribution in [0.4, 0.5) is 0 Å². The first-order chi connectivity index (χ1) is 31.1. The highest BCUT2D eigenvalue weighted by Crippen LogP contribution is 2.37.